The number of benzene rings is 4. The molecule has 7 rings (SSSR count). The molecule has 3 aliphatic rings. The SMILES string of the molecule is COc1cc(C(=O)N(C/C(C)=C/c2ccc(F)cc2F)C[C@H]2CCCN2)cc(OC)c1OC.COc1cc(C(=O)N(C/C(C)=C/c2ccc(F)cc2F)C[C@H]2CCCN2C2CCCCC2)cc(OC)c1OC. The van der Waals surface area contributed by atoms with E-state index >= 15 is 0 Å². The highest BCUT2D eigenvalue weighted by Crippen LogP contribution is 2.40. The van der Waals surface area contributed by atoms with Crippen molar-refractivity contribution in [3.05, 3.63) is 117 Å². The predicted octanol–water partition coefficient (Wildman–Crippen LogP) is 10.6. The van der Waals surface area contributed by atoms with Crippen LogP contribution in [-0.4, -0.2) is 127 Å². The number of likely N-dealkylation sites (tertiary alicyclic amines) is 1. The second kappa shape index (κ2) is 26.4. The lowest BCUT2D eigenvalue weighted by atomic mass is 9.93. The van der Waals surface area contributed by atoms with E-state index in [9.17, 15) is 27.2 Å². The van der Waals surface area contributed by atoms with Gasteiger partial charge in [-0.25, -0.2) is 17.6 Å². The summed E-state index contributed by atoms with van der Waals surface area (Å²) in [5, 5.41) is 3.41. The van der Waals surface area contributed by atoms with Gasteiger partial charge in [0.05, 0.1) is 42.7 Å². The van der Waals surface area contributed by atoms with Crippen LogP contribution in [0, 0.1) is 23.3 Å². The fraction of sp³-hybridized carbons (Fsp3) is 0.464. The predicted molar refractivity (Wildman–Crippen MR) is 272 cm³/mol. The van der Waals surface area contributed by atoms with Crippen molar-refractivity contribution in [1.29, 1.82) is 0 Å². The van der Waals surface area contributed by atoms with E-state index in [1.165, 1.54) is 99.0 Å². The number of hydrogen-bond acceptors (Lipinski definition) is 10. The molecule has 1 N–H and O–H groups in total. The number of rotatable bonds is 19. The molecule has 390 valence electrons. The molecule has 0 bridgehead atoms. The minimum Gasteiger partial charge on any atom is -0.493 e. The minimum absolute atomic E-state index is 0.169. The number of amides is 2. The number of nitrogens with one attached hydrogen (secondary N) is 1. The highest BCUT2D eigenvalue weighted by molar-refractivity contribution is 5.96. The van der Waals surface area contributed by atoms with Gasteiger partial charge in [-0.2, -0.15) is 0 Å². The molecule has 72 heavy (non-hydrogen) atoms. The monoisotopic (exact) mass is 1000 g/mol. The molecule has 2 amide bonds. The maximum Gasteiger partial charge on any atom is 0.254 e. The number of carbonyl (C=O) groups excluding carboxylic acids is 2. The van der Waals surface area contributed by atoms with E-state index in [1.54, 1.807) is 41.3 Å². The number of methoxy groups -OCH3 is 6. The minimum atomic E-state index is -0.644. The average Bonchev–Trinajstić information content (AvgIpc) is 4.09. The third kappa shape index (κ3) is 14.2. The van der Waals surface area contributed by atoms with Crippen LogP contribution >= 0.6 is 0 Å². The van der Waals surface area contributed by atoms with Crippen molar-refractivity contribution in [1.82, 2.24) is 20.0 Å². The molecule has 0 aromatic heterocycles. The van der Waals surface area contributed by atoms with Crippen molar-refractivity contribution in [3.63, 3.8) is 0 Å². The quantitative estimate of drug-likeness (QED) is 0.0912. The summed E-state index contributed by atoms with van der Waals surface area (Å²) in [6.07, 6.45) is 13.7. The lowest BCUT2D eigenvalue weighted by Crippen LogP contribution is -2.47. The molecular weight excluding hydrogens is 933 g/mol. The number of halogens is 4. The zero-order valence-electron chi connectivity index (χ0n) is 42.9. The van der Waals surface area contributed by atoms with Gasteiger partial charge in [0.25, 0.3) is 11.8 Å². The summed E-state index contributed by atoms with van der Waals surface area (Å²) in [4.78, 5) is 33.8. The van der Waals surface area contributed by atoms with Gasteiger partial charge in [-0.1, -0.05) is 42.6 Å². The Labute approximate surface area is 421 Å². The Morgan fingerprint density at radius 3 is 1.44 bits per heavy atom. The van der Waals surface area contributed by atoms with Crippen molar-refractivity contribution in [2.75, 3.05) is 81.9 Å². The molecule has 1 aliphatic carbocycles. The Bertz CT molecular complexity index is 2490. The van der Waals surface area contributed by atoms with E-state index in [-0.39, 0.29) is 36.0 Å². The molecule has 0 unspecified atom stereocenters. The van der Waals surface area contributed by atoms with E-state index in [4.69, 9.17) is 28.4 Å². The van der Waals surface area contributed by atoms with Crippen molar-refractivity contribution in [3.8, 4) is 34.5 Å². The molecule has 0 spiro atoms. The Balaban J connectivity index is 0.000000239. The number of nitrogens with zero attached hydrogens (tertiary/aromatic N) is 3. The van der Waals surface area contributed by atoms with Gasteiger partial charge in [0, 0.05) is 78.7 Å². The molecule has 4 aromatic rings. The van der Waals surface area contributed by atoms with Crippen LogP contribution in [0.15, 0.2) is 71.8 Å². The van der Waals surface area contributed by atoms with Crippen molar-refractivity contribution in [2.24, 2.45) is 0 Å². The van der Waals surface area contributed by atoms with E-state index in [0.29, 0.717) is 76.9 Å². The van der Waals surface area contributed by atoms with Crippen molar-refractivity contribution >= 4 is 24.0 Å². The fourth-order valence-corrected chi connectivity index (χ4v) is 10.1. The summed E-state index contributed by atoms with van der Waals surface area (Å²) in [5.74, 6) is -0.485. The second-order valence-corrected chi connectivity index (χ2v) is 18.6. The topological polar surface area (TPSA) is 111 Å². The van der Waals surface area contributed by atoms with Crippen LogP contribution in [-0.2, 0) is 0 Å². The normalized spacial score (nSPS) is 17.4. The molecule has 0 radical (unpaired) electrons. The Morgan fingerprint density at radius 1 is 0.583 bits per heavy atom. The third-order valence-electron chi connectivity index (χ3n) is 13.5. The molecule has 4 aromatic carbocycles. The molecule has 2 heterocycles. The number of hydrogen-bond donors (Lipinski definition) is 1. The summed E-state index contributed by atoms with van der Waals surface area (Å²) in [6, 6.07) is 14.6. The molecule has 2 saturated heterocycles. The van der Waals surface area contributed by atoms with E-state index < -0.39 is 23.3 Å². The van der Waals surface area contributed by atoms with Crippen LogP contribution in [0.1, 0.15) is 103 Å². The number of ether oxygens (including phenoxy) is 6. The lowest BCUT2D eigenvalue weighted by Gasteiger charge is -2.38. The van der Waals surface area contributed by atoms with Gasteiger partial charge >= 0.3 is 0 Å². The van der Waals surface area contributed by atoms with Crippen LogP contribution in [0.2, 0.25) is 0 Å². The zero-order valence-corrected chi connectivity index (χ0v) is 42.9. The first-order valence-electron chi connectivity index (χ1n) is 24.6. The summed E-state index contributed by atoms with van der Waals surface area (Å²) in [5.41, 5.74) is 2.94. The van der Waals surface area contributed by atoms with Gasteiger partial charge in [0.1, 0.15) is 23.3 Å². The van der Waals surface area contributed by atoms with Gasteiger partial charge in [0.15, 0.2) is 23.0 Å². The first-order valence-corrected chi connectivity index (χ1v) is 24.6. The highest BCUT2D eigenvalue weighted by Gasteiger charge is 2.34. The van der Waals surface area contributed by atoms with Crippen LogP contribution in [0.4, 0.5) is 17.6 Å². The van der Waals surface area contributed by atoms with E-state index in [0.717, 1.165) is 62.1 Å². The Morgan fingerprint density at radius 2 is 1.04 bits per heavy atom. The summed E-state index contributed by atoms with van der Waals surface area (Å²) >= 11 is 0. The van der Waals surface area contributed by atoms with Gasteiger partial charge in [0.2, 0.25) is 11.5 Å². The smallest absolute Gasteiger partial charge is 0.254 e. The summed E-state index contributed by atoms with van der Waals surface area (Å²) in [7, 11) is 9.06. The van der Waals surface area contributed by atoms with Crippen LogP contribution < -0.4 is 33.7 Å². The van der Waals surface area contributed by atoms with E-state index in [1.807, 2.05) is 18.7 Å². The molecule has 2 atom stereocenters. The average molecular weight is 1000 g/mol. The molecule has 16 heteroatoms. The Hall–Kier alpha value is -6.26. The zero-order chi connectivity index (χ0) is 51.9. The summed E-state index contributed by atoms with van der Waals surface area (Å²) in [6.45, 7) is 7.29. The lowest BCUT2D eigenvalue weighted by molar-refractivity contribution is 0.0670. The largest absolute Gasteiger partial charge is 0.493 e. The first kappa shape index (κ1) is 55.1. The van der Waals surface area contributed by atoms with Gasteiger partial charge in [-0.05, 0) is 114 Å². The standard InChI is InChI=1S/C31H40F2N2O4.C25H30F2N2O4/c1-21(15-22-12-13-24(32)18-27(22)33)19-34(20-26-11-8-14-35(26)25-9-6-5-7-10-25)31(36)23-16-28(37-2)30(39-4)29(17-23)38-3;1-16(10-17-7-8-19(26)13-21(17)27)14-29(15-20-6-5-9-28-20)25(30)18-11-22(31-2)24(33-4)23(12-18)32-3/h12-13,15-18,25-26H,5-11,14,19-20H2,1-4H3;7-8,10-13,20,28H,5-6,9,14-15H2,1-4H3/b21-15+;16-10+/t26-;20-/m11/s1. The van der Waals surface area contributed by atoms with Crippen LogP contribution in [0.5, 0.6) is 34.5 Å². The van der Waals surface area contributed by atoms with Gasteiger partial charge in [-0.3, -0.25) is 14.5 Å². The summed E-state index contributed by atoms with van der Waals surface area (Å²) < 4.78 is 87.8. The van der Waals surface area contributed by atoms with Crippen molar-refractivity contribution in [2.45, 2.75) is 89.8 Å². The van der Waals surface area contributed by atoms with Crippen LogP contribution in [0.25, 0.3) is 12.2 Å². The molecule has 3 fully saturated rings. The fourth-order valence-electron chi connectivity index (χ4n) is 10.1. The third-order valence-corrected chi connectivity index (χ3v) is 13.5. The second-order valence-electron chi connectivity index (χ2n) is 18.6. The maximum absolute atomic E-state index is 14.4. The maximum atomic E-state index is 14.4. The van der Waals surface area contributed by atoms with Crippen molar-refractivity contribution < 1.29 is 55.6 Å². The van der Waals surface area contributed by atoms with Gasteiger partial charge < -0.3 is 43.5 Å². The molecular formula is C56H70F4N4O8. The highest BCUT2D eigenvalue weighted by atomic mass is 19.1. The van der Waals surface area contributed by atoms with Gasteiger partial charge in [-0.15, -0.1) is 0 Å². The molecule has 2 aliphatic heterocycles. The molecule has 1 saturated carbocycles. The molecule has 12 nitrogen and oxygen atoms in total. The Kier molecular flexibility index (Phi) is 20.2. The number of carbonyl (C=O) groups is 2. The first-order chi connectivity index (χ1) is 34.7. The van der Waals surface area contributed by atoms with Crippen LogP contribution in [0.3, 0.4) is 0 Å². The van der Waals surface area contributed by atoms with E-state index in [2.05, 4.69) is 10.2 Å².